The van der Waals surface area contributed by atoms with Crippen LogP contribution >= 0.6 is 0 Å². The van der Waals surface area contributed by atoms with E-state index in [1.807, 2.05) is 42.3 Å². The van der Waals surface area contributed by atoms with Crippen LogP contribution in [0, 0.1) is 5.92 Å². The van der Waals surface area contributed by atoms with Crippen LogP contribution in [0.3, 0.4) is 0 Å². The second-order valence-electron chi connectivity index (χ2n) is 5.75. The number of piperidine rings is 1. The van der Waals surface area contributed by atoms with Gasteiger partial charge < -0.3 is 15.0 Å². The van der Waals surface area contributed by atoms with Crippen molar-refractivity contribution in [2.24, 2.45) is 5.92 Å². The molecule has 0 radical (unpaired) electrons. The lowest BCUT2D eigenvalue weighted by atomic mass is 9.96. The van der Waals surface area contributed by atoms with Gasteiger partial charge in [0.2, 0.25) is 5.91 Å². The Morgan fingerprint density at radius 1 is 1.38 bits per heavy atom. The maximum absolute atomic E-state index is 12.1. The van der Waals surface area contributed by atoms with Gasteiger partial charge in [-0.3, -0.25) is 4.79 Å². The van der Waals surface area contributed by atoms with Gasteiger partial charge in [-0.25, -0.2) is 0 Å². The van der Waals surface area contributed by atoms with E-state index in [2.05, 4.69) is 5.32 Å². The van der Waals surface area contributed by atoms with Crippen molar-refractivity contribution in [1.82, 2.24) is 10.2 Å². The molecule has 1 N–H and O–H groups in total. The van der Waals surface area contributed by atoms with Crippen molar-refractivity contribution in [3.63, 3.8) is 0 Å². The molecule has 0 aliphatic carbocycles. The third-order valence-corrected chi connectivity index (χ3v) is 3.94. The molecule has 0 saturated carbocycles. The molecule has 0 aromatic heterocycles. The van der Waals surface area contributed by atoms with Crippen LogP contribution in [0.5, 0.6) is 5.75 Å². The Hall–Kier alpha value is -1.55. The highest BCUT2D eigenvalue weighted by atomic mass is 16.5. The molecule has 1 heterocycles. The van der Waals surface area contributed by atoms with Gasteiger partial charge in [0.1, 0.15) is 5.75 Å². The van der Waals surface area contributed by atoms with Gasteiger partial charge in [-0.05, 0) is 50.4 Å². The maximum Gasteiger partial charge on any atom is 0.222 e. The molecule has 1 saturated heterocycles. The largest absolute Gasteiger partial charge is 0.494 e. The highest BCUT2D eigenvalue weighted by Gasteiger charge is 2.18. The van der Waals surface area contributed by atoms with E-state index in [4.69, 9.17) is 4.74 Å². The second kappa shape index (κ2) is 8.67. The standard InChI is InChI=1S/C17H26N2O2/c1-19(17(20)13-15-7-5-10-18-14-15)11-6-12-21-16-8-3-2-4-9-16/h2-4,8-9,15,18H,5-7,10-14H2,1H3. The van der Waals surface area contributed by atoms with E-state index >= 15 is 0 Å². The summed E-state index contributed by atoms with van der Waals surface area (Å²) in [6.07, 6.45) is 3.89. The van der Waals surface area contributed by atoms with Gasteiger partial charge in [-0.2, -0.15) is 0 Å². The van der Waals surface area contributed by atoms with E-state index in [0.29, 0.717) is 18.9 Å². The molecule has 21 heavy (non-hydrogen) atoms. The average Bonchev–Trinajstić information content (AvgIpc) is 2.53. The number of amides is 1. The van der Waals surface area contributed by atoms with Crippen LogP contribution in [-0.2, 0) is 4.79 Å². The van der Waals surface area contributed by atoms with Crippen LogP contribution in [0.15, 0.2) is 30.3 Å². The van der Waals surface area contributed by atoms with Gasteiger partial charge in [0.15, 0.2) is 0 Å². The summed E-state index contributed by atoms with van der Waals surface area (Å²) in [6, 6.07) is 9.79. The Morgan fingerprint density at radius 2 is 2.19 bits per heavy atom. The summed E-state index contributed by atoms with van der Waals surface area (Å²) in [6.45, 7) is 3.48. The highest BCUT2D eigenvalue weighted by molar-refractivity contribution is 5.76. The molecule has 1 aliphatic heterocycles. The number of carbonyl (C=O) groups is 1. The van der Waals surface area contributed by atoms with Crippen LogP contribution in [-0.4, -0.2) is 44.1 Å². The molecule has 1 amide bonds. The monoisotopic (exact) mass is 290 g/mol. The van der Waals surface area contributed by atoms with Gasteiger partial charge in [-0.1, -0.05) is 18.2 Å². The number of hydrogen-bond acceptors (Lipinski definition) is 3. The summed E-state index contributed by atoms with van der Waals surface area (Å²) in [5.74, 6) is 1.65. The first-order valence-corrected chi connectivity index (χ1v) is 7.88. The molecule has 1 atom stereocenters. The summed E-state index contributed by atoms with van der Waals surface area (Å²) < 4.78 is 5.64. The van der Waals surface area contributed by atoms with Gasteiger partial charge in [0.25, 0.3) is 0 Å². The molecular formula is C17H26N2O2. The molecule has 1 aromatic rings. The van der Waals surface area contributed by atoms with E-state index in [1.54, 1.807) is 0 Å². The van der Waals surface area contributed by atoms with Crippen molar-refractivity contribution in [3.05, 3.63) is 30.3 Å². The summed E-state index contributed by atoms with van der Waals surface area (Å²) in [5, 5.41) is 3.36. The summed E-state index contributed by atoms with van der Waals surface area (Å²) in [7, 11) is 1.89. The Labute approximate surface area is 127 Å². The fourth-order valence-corrected chi connectivity index (χ4v) is 2.63. The van der Waals surface area contributed by atoms with Crippen molar-refractivity contribution in [2.45, 2.75) is 25.7 Å². The number of hydrogen-bond donors (Lipinski definition) is 1. The molecule has 116 valence electrons. The highest BCUT2D eigenvalue weighted by Crippen LogP contribution is 2.15. The van der Waals surface area contributed by atoms with E-state index in [1.165, 1.54) is 12.8 Å². The summed E-state index contributed by atoms with van der Waals surface area (Å²) >= 11 is 0. The minimum atomic E-state index is 0.253. The quantitative estimate of drug-likeness (QED) is 0.784. The lowest BCUT2D eigenvalue weighted by Crippen LogP contribution is -2.35. The third kappa shape index (κ3) is 5.76. The predicted molar refractivity (Wildman–Crippen MR) is 84.4 cm³/mol. The normalized spacial score (nSPS) is 18.2. The zero-order valence-electron chi connectivity index (χ0n) is 12.9. The van der Waals surface area contributed by atoms with Crippen molar-refractivity contribution >= 4 is 5.91 Å². The zero-order valence-corrected chi connectivity index (χ0v) is 12.9. The number of nitrogens with zero attached hydrogens (tertiary/aromatic N) is 1. The van der Waals surface area contributed by atoms with Crippen LogP contribution in [0.4, 0.5) is 0 Å². The summed E-state index contributed by atoms with van der Waals surface area (Å²) in [5.41, 5.74) is 0. The van der Waals surface area contributed by atoms with Crippen molar-refractivity contribution < 1.29 is 9.53 Å². The second-order valence-corrected chi connectivity index (χ2v) is 5.75. The van der Waals surface area contributed by atoms with Crippen LogP contribution in [0.1, 0.15) is 25.7 Å². The Kier molecular flexibility index (Phi) is 6.54. The van der Waals surface area contributed by atoms with Crippen molar-refractivity contribution in [2.75, 3.05) is 33.3 Å². The molecule has 0 bridgehead atoms. The van der Waals surface area contributed by atoms with Crippen LogP contribution in [0.2, 0.25) is 0 Å². The predicted octanol–water partition coefficient (Wildman–Crippen LogP) is 2.30. The first-order chi connectivity index (χ1) is 10.3. The van der Waals surface area contributed by atoms with E-state index < -0.39 is 0 Å². The van der Waals surface area contributed by atoms with Crippen molar-refractivity contribution in [3.8, 4) is 5.75 Å². The number of rotatable bonds is 7. The van der Waals surface area contributed by atoms with E-state index in [0.717, 1.165) is 31.8 Å². The van der Waals surface area contributed by atoms with Crippen LogP contribution in [0.25, 0.3) is 0 Å². The molecule has 1 fully saturated rings. The van der Waals surface area contributed by atoms with Crippen molar-refractivity contribution in [1.29, 1.82) is 0 Å². The van der Waals surface area contributed by atoms with E-state index in [9.17, 15) is 4.79 Å². The maximum atomic E-state index is 12.1. The molecular weight excluding hydrogens is 264 g/mol. The van der Waals surface area contributed by atoms with Crippen LogP contribution < -0.4 is 10.1 Å². The molecule has 0 spiro atoms. The number of benzene rings is 1. The molecule has 1 aliphatic rings. The number of carbonyl (C=O) groups excluding carboxylic acids is 1. The Balaban J connectivity index is 1.60. The Bertz CT molecular complexity index is 416. The number of para-hydroxylation sites is 1. The SMILES string of the molecule is CN(CCCOc1ccccc1)C(=O)CC1CCCNC1. The van der Waals surface area contributed by atoms with Gasteiger partial charge in [0.05, 0.1) is 6.61 Å². The number of nitrogens with one attached hydrogen (secondary N) is 1. The smallest absolute Gasteiger partial charge is 0.222 e. The summed E-state index contributed by atoms with van der Waals surface area (Å²) in [4.78, 5) is 14.0. The average molecular weight is 290 g/mol. The minimum Gasteiger partial charge on any atom is -0.494 e. The molecule has 1 unspecified atom stereocenters. The fraction of sp³-hybridized carbons (Fsp3) is 0.588. The van der Waals surface area contributed by atoms with Gasteiger partial charge in [0, 0.05) is 20.0 Å². The number of ether oxygens (including phenoxy) is 1. The topological polar surface area (TPSA) is 41.6 Å². The molecule has 4 heteroatoms. The van der Waals surface area contributed by atoms with E-state index in [-0.39, 0.29) is 5.91 Å². The molecule has 1 aromatic carbocycles. The first-order valence-electron chi connectivity index (χ1n) is 7.88. The fourth-order valence-electron chi connectivity index (χ4n) is 2.63. The molecule has 4 nitrogen and oxygen atoms in total. The Morgan fingerprint density at radius 3 is 2.90 bits per heavy atom. The molecule has 2 rings (SSSR count). The minimum absolute atomic E-state index is 0.253. The lowest BCUT2D eigenvalue weighted by molar-refractivity contribution is -0.131. The third-order valence-electron chi connectivity index (χ3n) is 3.94. The first kappa shape index (κ1) is 15.8. The lowest BCUT2D eigenvalue weighted by Gasteiger charge is -2.25. The van der Waals surface area contributed by atoms with Gasteiger partial charge in [-0.15, -0.1) is 0 Å². The van der Waals surface area contributed by atoms with Gasteiger partial charge >= 0.3 is 0 Å². The zero-order chi connectivity index (χ0) is 14.9.